The smallest absolute Gasteiger partial charge is 0.257 e. The van der Waals surface area contributed by atoms with E-state index in [-0.39, 0.29) is 5.91 Å². The molecule has 2 aliphatic rings. The van der Waals surface area contributed by atoms with Crippen molar-refractivity contribution in [3.63, 3.8) is 0 Å². The maximum absolute atomic E-state index is 12.4. The highest BCUT2D eigenvalue weighted by atomic mass is 16.3. The van der Waals surface area contributed by atoms with E-state index in [1.54, 1.807) is 12.3 Å². The molecule has 128 valence electrons. The van der Waals surface area contributed by atoms with Crippen LogP contribution < -0.4 is 0 Å². The second-order valence-electron chi connectivity index (χ2n) is 7.77. The molecule has 1 saturated heterocycles. The van der Waals surface area contributed by atoms with Crippen LogP contribution in [0.4, 0.5) is 0 Å². The first kappa shape index (κ1) is 16.5. The van der Waals surface area contributed by atoms with Gasteiger partial charge in [0.25, 0.3) is 5.91 Å². The fourth-order valence-electron chi connectivity index (χ4n) is 4.25. The Kier molecular flexibility index (Phi) is 4.52. The number of furan rings is 1. The largest absolute Gasteiger partial charge is 0.472 e. The second kappa shape index (κ2) is 6.29. The number of aliphatic hydroxyl groups is 1. The highest BCUT2D eigenvalue weighted by Crippen LogP contribution is 2.47. The second-order valence-corrected chi connectivity index (χ2v) is 7.77. The zero-order valence-electron chi connectivity index (χ0n) is 14.3. The summed E-state index contributed by atoms with van der Waals surface area (Å²) < 4.78 is 5.01. The fraction of sp³-hybridized carbons (Fsp3) is 0.722. The van der Waals surface area contributed by atoms with Gasteiger partial charge in [-0.05, 0) is 64.1 Å². The molecule has 1 spiro atoms. The molecule has 1 saturated carbocycles. The average molecular weight is 320 g/mol. The number of piperidine rings is 1. The van der Waals surface area contributed by atoms with E-state index in [2.05, 4.69) is 4.90 Å². The molecule has 0 radical (unpaired) electrons. The SMILES string of the molecule is CN(C)CC1(O)CCC2(CCN(C(=O)c3ccoc3)CC2)CC1. The molecule has 1 aromatic rings. The van der Waals surface area contributed by atoms with Crippen LogP contribution >= 0.6 is 0 Å². The van der Waals surface area contributed by atoms with E-state index >= 15 is 0 Å². The summed E-state index contributed by atoms with van der Waals surface area (Å²) in [4.78, 5) is 16.4. The van der Waals surface area contributed by atoms with E-state index in [1.165, 1.54) is 6.26 Å². The van der Waals surface area contributed by atoms with Gasteiger partial charge in [0.05, 0.1) is 17.4 Å². The third-order valence-electron chi connectivity index (χ3n) is 5.73. The van der Waals surface area contributed by atoms with Crippen LogP contribution in [0.3, 0.4) is 0 Å². The van der Waals surface area contributed by atoms with E-state index in [9.17, 15) is 9.90 Å². The predicted octanol–water partition coefficient (Wildman–Crippen LogP) is 2.37. The molecule has 0 unspecified atom stereocenters. The Bertz CT molecular complexity index is 520. The number of hydrogen-bond donors (Lipinski definition) is 1. The molecular formula is C18H28N2O3. The third kappa shape index (κ3) is 3.61. The van der Waals surface area contributed by atoms with Gasteiger partial charge in [0.15, 0.2) is 0 Å². The van der Waals surface area contributed by atoms with Gasteiger partial charge in [0.1, 0.15) is 6.26 Å². The van der Waals surface area contributed by atoms with Gasteiger partial charge in [-0.1, -0.05) is 0 Å². The van der Waals surface area contributed by atoms with Gasteiger partial charge in [0, 0.05) is 19.6 Å². The highest BCUT2D eigenvalue weighted by molar-refractivity contribution is 5.93. The van der Waals surface area contributed by atoms with Crippen LogP contribution in [0.2, 0.25) is 0 Å². The molecule has 1 aliphatic carbocycles. The van der Waals surface area contributed by atoms with Crippen LogP contribution in [0.1, 0.15) is 48.9 Å². The Labute approximate surface area is 138 Å². The predicted molar refractivity (Wildman–Crippen MR) is 88.3 cm³/mol. The van der Waals surface area contributed by atoms with Gasteiger partial charge < -0.3 is 19.3 Å². The number of likely N-dealkylation sites (N-methyl/N-ethyl adjacent to an activating group) is 1. The van der Waals surface area contributed by atoms with Crippen molar-refractivity contribution >= 4 is 5.91 Å². The lowest BCUT2D eigenvalue weighted by molar-refractivity contribution is -0.0615. The molecule has 0 bridgehead atoms. The Morgan fingerprint density at radius 2 is 1.87 bits per heavy atom. The van der Waals surface area contributed by atoms with Crippen molar-refractivity contribution in [2.45, 2.75) is 44.1 Å². The minimum Gasteiger partial charge on any atom is -0.472 e. The zero-order valence-corrected chi connectivity index (χ0v) is 14.3. The summed E-state index contributed by atoms with van der Waals surface area (Å²) in [5.41, 5.74) is 0.439. The Hall–Kier alpha value is -1.33. The minimum atomic E-state index is -0.529. The van der Waals surface area contributed by atoms with Gasteiger partial charge in [-0.15, -0.1) is 0 Å². The molecule has 3 rings (SSSR count). The molecule has 2 heterocycles. The molecule has 5 heteroatoms. The molecule has 2 fully saturated rings. The Morgan fingerprint density at radius 3 is 2.39 bits per heavy atom. The van der Waals surface area contributed by atoms with E-state index in [0.29, 0.717) is 11.0 Å². The topological polar surface area (TPSA) is 56.9 Å². The van der Waals surface area contributed by atoms with Crippen molar-refractivity contribution in [2.75, 3.05) is 33.7 Å². The van der Waals surface area contributed by atoms with Crippen LogP contribution in [0.15, 0.2) is 23.0 Å². The van der Waals surface area contributed by atoms with Gasteiger partial charge in [-0.3, -0.25) is 4.79 Å². The zero-order chi connectivity index (χ0) is 16.5. The highest BCUT2D eigenvalue weighted by Gasteiger charge is 2.43. The van der Waals surface area contributed by atoms with Crippen molar-refractivity contribution in [1.29, 1.82) is 0 Å². The third-order valence-corrected chi connectivity index (χ3v) is 5.73. The van der Waals surface area contributed by atoms with E-state index in [4.69, 9.17) is 4.42 Å². The normalized spacial score (nSPS) is 23.4. The van der Waals surface area contributed by atoms with Crippen molar-refractivity contribution in [3.05, 3.63) is 24.2 Å². The molecule has 0 aromatic carbocycles. The van der Waals surface area contributed by atoms with Crippen LogP contribution in [-0.2, 0) is 0 Å². The summed E-state index contributed by atoms with van der Waals surface area (Å²) in [6.45, 7) is 2.38. The maximum Gasteiger partial charge on any atom is 0.257 e. The lowest BCUT2D eigenvalue weighted by Gasteiger charge is -2.48. The number of rotatable bonds is 3. The van der Waals surface area contributed by atoms with Crippen LogP contribution in [0, 0.1) is 5.41 Å². The number of nitrogens with zero attached hydrogens (tertiary/aromatic N) is 2. The maximum atomic E-state index is 12.4. The molecule has 1 N–H and O–H groups in total. The summed E-state index contributed by atoms with van der Waals surface area (Å²) in [6.07, 6.45) is 9.07. The Balaban J connectivity index is 1.54. The first-order chi connectivity index (χ1) is 10.9. The monoisotopic (exact) mass is 320 g/mol. The number of likely N-dealkylation sites (tertiary alicyclic amines) is 1. The van der Waals surface area contributed by atoms with Gasteiger partial charge in [-0.25, -0.2) is 0 Å². The first-order valence-corrected chi connectivity index (χ1v) is 8.60. The summed E-state index contributed by atoms with van der Waals surface area (Å²) in [5, 5.41) is 10.7. The lowest BCUT2D eigenvalue weighted by atomic mass is 9.64. The standard InChI is InChI=1S/C18H28N2O3/c1-19(2)14-18(22)6-4-17(5-7-18)8-10-20(11-9-17)16(21)15-3-12-23-13-15/h3,12-13,22H,4-11,14H2,1-2H3. The van der Waals surface area contributed by atoms with Gasteiger partial charge >= 0.3 is 0 Å². The van der Waals surface area contributed by atoms with E-state index < -0.39 is 5.60 Å². The van der Waals surface area contributed by atoms with Crippen molar-refractivity contribution in [1.82, 2.24) is 9.80 Å². The van der Waals surface area contributed by atoms with Crippen LogP contribution in [-0.4, -0.2) is 60.1 Å². The number of carbonyl (C=O) groups excluding carboxylic acids is 1. The summed E-state index contributed by atoms with van der Waals surface area (Å²) >= 11 is 0. The van der Waals surface area contributed by atoms with Gasteiger partial charge in [0.2, 0.25) is 0 Å². The quantitative estimate of drug-likeness (QED) is 0.929. The van der Waals surface area contributed by atoms with Crippen molar-refractivity contribution < 1.29 is 14.3 Å². The molecule has 0 atom stereocenters. The van der Waals surface area contributed by atoms with E-state index in [1.807, 2.05) is 19.0 Å². The van der Waals surface area contributed by atoms with E-state index in [0.717, 1.165) is 58.2 Å². The van der Waals surface area contributed by atoms with Crippen molar-refractivity contribution in [3.8, 4) is 0 Å². The Morgan fingerprint density at radius 1 is 1.22 bits per heavy atom. The van der Waals surface area contributed by atoms with Gasteiger partial charge in [-0.2, -0.15) is 0 Å². The molecule has 1 aromatic heterocycles. The van der Waals surface area contributed by atoms with Crippen LogP contribution in [0.25, 0.3) is 0 Å². The number of hydrogen-bond acceptors (Lipinski definition) is 4. The summed E-state index contributed by atoms with van der Waals surface area (Å²) in [7, 11) is 4.03. The molecular weight excluding hydrogens is 292 g/mol. The minimum absolute atomic E-state index is 0.0773. The molecule has 23 heavy (non-hydrogen) atoms. The average Bonchev–Trinajstić information content (AvgIpc) is 3.05. The number of carbonyl (C=O) groups is 1. The molecule has 1 amide bonds. The molecule has 1 aliphatic heterocycles. The van der Waals surface area contributed by atoms with Crippen LogP contribution in [0.5, 0.6) is 0 Å². The fourth-order valence-corrected chi connectivity index (χ4v) is 4.25. The number of amides is 1. The first-order valence-electron chi connectivity index (χ1n) is 8.60. The summed E-state index contributed by atoms with van der Waals surface area (Å²) in [6, 6.07) is 1.73. The summed E-state index contributed by atoms with van der Waals surface area (Å²) in [5.74, 6) is 0.0773. The molecule has 5 nitrogen and oxygen atoms in total. The lowest BCUT2D eigenvalue weighted by Crippen LogP contribution is -2.49. The van der Waals surface area contributed by atoms with Crippen molar-refractivity contribution in [2.24, 2.45) is 5.41 Å².